The first-order chi connectivity index (χ1) is 8.16. The van der Waals surface area contributed by atoms with Crippen molar-refractivity contribution in [3.05, 3.63) is 34.3 Å². The second-order valence-corrected chi connectivity index (χ2v) is 5.16. The maximum Gasteiger partial charge on any atom is 0.173 e. The number of hydrogen-bond donors (Lipinski definition) is 1. The van der Waals surface area contributed by atoms with Crippen LogP contribution in [-0.4, -0.2) is 29.8 Å². The average Bonchev–Trinajstić information content (AvgIpc) is 2.82. The van der Waals surface area contributed by atoms with E-state index in [0.29, 0.717) is 16.3 Å². The van der Waals surface area contributed by atoms with Crippen molar-refractivity contribution in [3.63, 3.8) is 0 Å². The predicted molar refractivity (Wildman–Crippen MR) is 73.3 cm³/mol. The van der Waals surface area contributed by atoms with E-state index in [0.717, 1.165) is 23.8 Å². The first-order valence-corrected chi connectivity index (χ1v) is 6.73. The van der Waals surface area contributed by atoms with Crippen LogP contribution >= 0.6 is 23.4 Å². The van der Waals surface area contributed by atoms with Gasteiger partial charge in [-0.25, -0.2) is 0 Å². The van der Waals surface area contributed by atoms with E-state index < -0.39 is 0 Å². The second kappa shape index (κ2) is 5.56. The Hall–Kier alpha value is -1.00. The fourth-order valence-corrected chi connectivity index (χ4v) is 2.46. The number of rotatable bonds is 3. The lowest BCUT2D eigenvalue weighted by molar-refractivity contribution is 0.102. The molecule has 90 valence electrons. The molecule has 0 saturated carbocycles. The fourth-order valence-electron chi connectivity index (χ4n) is 1.46. The number of aliphatic imine (C=N–C) groups is 1. The highest BCUT2D eigenvalue weighted by molar-refractivity contribution is 8.14. The normalized spacial score (nSPS) is 14.4. The van der Waals surface area contributed by atoms with Gasteiger partial charge in [-0.3, -0.25) is 9.79 Å². The molecule has 0 aromatic heterocycles. The SMILES string of the molecule is Cc1ccc(C(=O)CSC2=NCCN2)cc1Cl. The number of hydrogen-bond acceptors (Lipinski definition) is 4. The number of Topliss-reactive ketones (excluding diaryl/α,β-unsaturated/α-hetero) is 1. The van der Waals surface area contributed by atoms with Crippen LogP contribution in [0.4, 0.5) is 0 Å². The van der Waals surface area contributed by atoms with Gasteiger partial charge in [0.15, 0.2) is 11.0 Å². The van der Waals surface area contributed by atoms with Gasteiger partial charge in [-0.2, -0.15) is 0 Å². The molecule has 0 unspecified atom stereocenters. The summed E-state index contributed by atoms with van der Waals surface area (Å²) in [5.74, 6) is 0.471. The zero-order valence-corrected chi connectivity index (χ0v) is 11.1. The molecule has 0 aliphatic carbocycles. The first kappa shape index (κ1) is 12.5. The maximum absolute atomic E-state index is 11.9. The van der Waals surface area contributed by atoms with Crippen LogP contribution in [0, 0.1) is 6.92 Å². The summed E-state index contributed by atoms with van der Waals surface area (Å²) in [6.45, 7) is 3.59. The van der Waals surface area contributed by atoms with Crippen molar-refractivity contribution >= 4 is 34.3 Å². The molecular weight excluding hydrogens is 256 g/mol. The van der Waals surface area contributed by atoms with E-state index in [4.69, 9.17) is 11.6 Å². The Labute approximate surface area is 110 Å². The summed E-state index contributed by atoms with van der Waals surface area (Å²) in [6.07, 6.45) is 0. The average molecular weight is 269 g/mol. The highest BCUT2D eigenvalue weighted by atomic mass is 35.5. The number of nitrogens with zero attached hydrogens (tertiary/aromatic N) is 1. The number of benzene rings is 1. The smallest absolute Gasteiger partial charge is 0.173 e. The van der Waals surface area contributed by atoms with Gasteiger partial charge in [0.05, 0.1) is 12.3 Å². The Morgan fingerprint density at radius 1 is 1.59 bits per heavy atom. The maximum atomic E-state index is 11.9. The van der Waals surface area contributed by atoms with Gasteiger partial charge in [0.1, 0.15) is 0 Å². The van der Waals surface area contributed by atoms with Gasteiger partial charge in [-0.05, 0) is 18.6 Å². The molecule has 0 radical (unpaired) electrons. The third-order valence-electron chi connectivity index (χ3n) is 2.48. The molecular formula is C12H13ClN2OS. The molecule has 1 heterocycles. The molecule has 0 spiro atoms. The van der Waals surface area contributed by atoms with Crippen LogP contribution in [0.2, 0.25) is 5.02 Å². The summed E-state index contributed by atoms with van der Waals surface area (Å²) >= 11 is 7.43. The first-order valence-electron chi connectivity index (χ1n) is 5.37. The van der Waals surface area contributed by atoms with E-state index in [-0.39, 0.29) is 5.78 Å². The lowest BCUT2D eigenvalue weighted by atomic mass is 10.1. The standard InChI is InChI=1S/C12H13ClN2OS/c1-8-2-3-9(6-10(8)13)11(16)7-17-12-14-4-5-15-12/h2-3,6H,4-5,7H2,1H3,(H,14,15). The molecule has 2 rings (SSSR count). The molecule has 0 fully saturated rings. The monoisotopic (exact) mass is 268 g/mol. The number of nitrogens with one attached hydrogen (secondary N) is 1. The lowest BCUT2D eigenvalue weighted by Crippen LogP contribution is -2.17. The van der Waals surface area contributed by atoms with Crippen molar-refractivity contribution in [2.75, 3.05) is 18.8 Å². The number of carbonyl (C=O) groups is 1. The van der Waals surface area contributed by atoms with Crippen molar-refractivity contribution in [3.8, 4) is 0 Å². The van der Waals surface area contributed by atoms with Crippen molar-refractivity contribution in [2.45, 2.75) is 6.92 Å². The Balaban J connectivity index is 1.97. The fraction of sp³-hybridized carbons (Fsp3) is 0.333. The van der Waals surface area contributed by atoms with Crippen LogP contribution in [0.1, 0.15) is 15.9 Å². The number of ketones is 1. The Kier molecular flexibility index (Phi) is 4.07. The highest BCUT2D eigenvalue weighted by Gasteiger charge is 2.11. The van der Waals surface area contributed by atoms with Crippen LogP contribution in [0.15, 0.2) is 23.2 Å². The molecule has 3 nitrogen and oxygen atoms in total. The quantitative estimate of drug-likeness (QED) is 0.857. The third-order valence-corrected chi connectivity index (χ3v) is 3.84. The minimum absolute atomic E-state index is 0.0771. The van der Waals surface area contributed by atoms with Crippen LogP contribution in [-0.2, 0) is 0 Å². The molecule has 0 bridgehead atoms. The van der Waals surface area contributed by atoms with Crippen LogP contribution < -0.4 is 5.32 Å². The zero-order valence-electron chi connectivity index (χ0n) is 9.50. The number of amidine groups is 1. The van der Waals surface area contributed by atoms with E-state index in [1.54, 1.807) is 6.07 Å². The minimum atomic E-state index is 0.0771. The van der Waals surface area contributed by atoms with Crippen molar-refractivity contribution in [1.82, 2.24) is 5.32 Å². The molecule has 1 aromatic rings. The van der Waals surface area contributed by atoms with E-state index in [2.05, 4.69) is 10.3 Å². The minimum Gasteiger partial charge on any atom is -0.363 e. The molecule has 0 atom stereocenters. The summed E-state index contributed by atoms with van der Waals surface area (Å²) < 4.78 is 0. The van der Waals surface area contributed by atoms with Crippen LogP contribution in [0.3, 0.4) is 0 Å². The molecule has 0 saturated heterocycles. The summed E-state index contributed by atoms with van der Waals surface area (Å²) in [5, 5.41) is 4.61. The molecule has 0 amide bonds. The summed E-state index contributed by atoms with van der Waals surface area (Å²) in [6, 6.07) is 5.41. The number of thioether (sulfide) groups is 1. The topological polar surface area (TPSA) is 41.5 Å². The van der Waals surface area contributed by atoms with Crippen LogP contribution in [0.25, 0.3) is 0 Å². The Morgan fingerprint density at radius 3 is 3.06 bits per heavy atom. The number of aryl methyl sites for hydroxylation is 1. The zero-order chi connectivity index (χ0) is 12.3. The molecule has 5 heteroatoms. The summed E-state index contributed by atoms with van der Waals surface area (Å²) in [7, 11) is 0. The molecule has 1 aromatic carbocycles. The molecule has 1 N–H and O–H groups in total. The van der Waals surface area contributed by atoms with Gasteiger partial charge < -0.3 is 5.32 Å². The summed E-state index contributed by atoms with van der Waals surface area (Å²) in [4.78, 5) is 16.1. The van der Waals surface area contributed by atoms with Crippen molar-refractivity contribution in [1.29, 1.82) is 0 Å². The van der Waals surface area contributed by atoms with Gasteiger partial charge in [-0.15, -0.1) is 0 Å². The third kappa shape index (κ3) is 3.23. The van der Waals surface area contributed by atoms with Gasteiger partial charge in [0, 0.05) is 17.1 Å². The van der Waals surface area contributed by atoms with Gasteiger partial charge in [-0.1, -0.05) is 35.5 Å². The number of halogens is 1. The molecule has 1 aliphatic heterocycles. The largest absolute Gasteiger partial charge is 0.363 e. The molecule has 17 heavy (non-hydrogen) atoms. The van der Waals surface area contributed by atoms with Gasteiger partial charge >= 0.3 is 0 Å². The Morgan fingerprint density at radius 2 is 2.41 bits per heavy atom. The highest BCUT2D eigenvalue weighted by Crippen LogP contribution is 2.18. The van der Waals surface area contributed by atoms with Crippen LogP contribution in [0.5, 0.6) is 0 Å². The van der Waals surface area contributed by atoms with Gasteiger partial charge in [0.2, 0.25) is 0 Å². The Bertz CT molecular complexity index is 474. The van der Waals surface area contributed by atoms with Crippen molar-refractivity contribution < 1.29 is 4.79 Å². The number of carbonyl (C=O) groups excluding carboxylic acids is 1. The summed E-state index contributed by atoms with van der Waals surface area (Å²) in [5.41, 5.74) is 1.64. The van der Waals surface area contributed by atoms with E-state index >= 15 is 0 Å². The lowest BCUT2D eigenvalue weighted by Gasteiger charge is -2.04. The second-order valence-electron chi connectivity index (χ2n) is 3.79. The van der Waals surface area contributed by atoms with E-state index in [1.165, 1.54) is 11.8 Å². The van der Waals surface area contributed by atoms with Crippen molar-refractivity contribution in [2.24, 2.45) is 4.99 Å². The van der Waals surface area contributed by atoms with Gasteiger partial charge in [0.25, 0.3) is 0 Å². The molecule has 1 aliphatic rings. The predicted octanol–water partition coefficient (Wildman–Crippen LogP) is 2.52. The van der Waals surface area contributed by atoms with E-state index in [9.17, 15) is 4.79 Å². The van der Waals surface area contributed by atoms with E-state index in [1.807, 2.05) is 19.1 Å².